The monoisotopic (exact) mass is 162 g/mol. The zero-order valence-corrected chi connectivity index (χ0v) is 6.82. The van der Waals surface area contributed by atoms with Crippen LogP contribution in [0, 0.1) is 5.92 Å². The van der Waals surface area contributed by atoms with Gasteiger partial charge in [-0.25, -0.2) is 0 Å². The van der Waals surface area contributed by atoms with Crippen molar-refractivity contribution in [2.75, 3.05) is 12.3 Å². The summed E-state index contributed by atoms with van der Waals surface area (Å²) in [6.45, 7) is 3.07. The zero-order valence-electron chi connectivity index (χ0n) is 6.00. The number of hydrogen-bond donors (Lipinski definition) is 1. The highest BCUT2D eigenvalue weighted by Gasteiger charge is 2.24. The maximum Gasteiger partial charge on any atom is 0.0105 e. The Kier molecular flexibility index (Phi) is 2.82. The summed E-state index contributed by atoms with van der Waals surface area (Å²) in [5.74, 6) is 0.898. The van der Waals surface area contributed by atoms with Crippen molar-refractivity contribution in [1.82, 2.24) is 5.32 Å². The van der Waals surface area contributed by atoms with Crippen LogP contribution >= 0.6 is 0 Å². The van der Waals surface area contributed by atoms with Gasteiger partial charge in [0, 0.05) is 11.8 Å². The van der Waals surface area contributed by atoms with Crippen LogP contribution in [0.5, 0.6) is 0 Å². The van der Waals surface area contributed by atoms with E-state index in [2.05, 4.69) is 12.2 Å². The minimum absolute atomic E-state index is 0.316. The fourth-order valence-corrected chi connectivity index (χ4v) is 1.62. The first-order chi connectivity index (χ1) is 4.70. The number of nitrogens with one attached hydrogen (secondary N) is 1. The lowest BCUT2D eigenvalue weighted by atomic mass is 9.91. The summed E-state index contributed by atoms with van der Waals surface area (Å²) in [7, 11) is 0. The van der Waals surface area contributed by atoms with Crippen LogP contribution in [0.2, 0.25) is 0 Å². The van der Waals surface area contributed by atoms with Gasteiger partial charge in [-0.2, -0.15) is 0 Å². The molecule has 60 valence electrons. The van der Waals surface area contributed by atoms with Crippen LogP contribution in [0.15, 0.2) is 0 Å². The van der Waals surface area contributed by atoms with Gasteiger partial charge in [0.1, 0.15) is 0 Å². The van der Waals surface area contributed by atoms with Gasteiger partial charge in [0.15, 0.2) is 0 Å². The molecule has 1 heterocycles. The predicted molar refractivity (Wildman–Crippen MR) is 39.4 cm³/mol. The molecule has 0 aliphatic carbocycles. The largest absolute Gasteiger partial charge is 0.772 e. The van der Waals surface area contributed by atoms with Crippen LogP contribution in [0.4, 0.5) is 0 Å². The first-order valence-electron chi connectivity index (χ1n) is 3.49. The normalized spacial score (nSPS) is 35.0. The van der Waals surface area contributed by atoms with Crippen molar-refractivity contribution in [2.45, 2.75) is 19.4 Å². The van der Waals surface area contributed by atoms with Gasteiger partial charge in [0.25, 0.3) is 0 Å². The van der Waals surface area contributed by atoms with E-state index in [0.717, 1.165) is 13.0 Å². The molecule has 0 aromatic rings. The molecule has 0 saturated carbocycles. The molecule has 1 aliphatic heterocycles. The standard InChI is InChI=1S/C6H13NO2S/c1-5-6(4-7-5)2-3-10(8)9/h5-7H,2-4H2,1H3,(H,8,9)/p-1/t5-,6+/m1/s1. The van der Waals surface area contributed by atoms with Crippen molar-refractivity contribution < 1.29 is 8.76 Å². The van der Waals surface area contributed by atoms with Crippen molar-refractivity contribution in [3.05, 3.63) is 0 Å². The summed E-state index contributed by atoms with van der Waals surface area (Å²) in [5.41, 5.74) is 0. The minimum atomic E-state index is -1.85. The fraction of sp³-hybridized carbons (Fsp3) is 1.00. The summed E-state index contributed by atoms with van der Waals surface area (Å²) >= 11 is -1.85. The Balaban J connectivity index is 2.08. The van der Waals surface area contributed by atoms with Gasteiger partial charge in [-0.1, -0.05) is 11.1 Å². The van der Waals surface area contributed by atoms with Gasteiger partial charge < -0.3 is 9.87 Å². The summed E-state index contributed by atoms with van der Waals surface area (Å²) in [6, 6.07) is 0.517. The Labute approximate surface area is 63.5 Å². The van der Waals surface area contributed by atoms with E-state index in [1.165, 1.54) is 0 Å². The Hall–Kier alpha value is 0.0700. The van der Waals surface area contributed by atoms with Crippen LogP contribution in [-0.4, -0.2) is 27.1 Å². The van der Waals surface area contributed by atoms with Crippen molar-refractivity contribution >= 4 is 11.1 Å². The Morgan fingerprint density at radius 2 is 2.50 bits per heavy atom. The second kappa shape index (κ2) is 3.46. The molecule has 3 atom stereocenters. The van der Waals surface area contributed by atoms with Crippen molar-refractivity contribution in [2.24, 2.45) is 5.92 Å². The van der Waals surface area contributed by atoms with Gasteiger partial charge >= 0.3 is 0 Å². The highest BCUT2D eigenvalue weighted by Crippen LogP contribution is 2.16. The molecule has 0 radical (unpaired) electrons. The van der Waals surface area contributed by atoms with E-state index in [0.29, 0.717) is 17.7 Å². The van der Waals surface area contributed by atoms with E-state index in [9.17, 15) is 8.76 Å². The topological polar surface area (TPSA) is 52.2 Å². The average molecular weight is 162 g/mol. The van der Waals surface area contributed by atoms with E-state index in [1.54, 1.807) is 0 Å². The third kappa shape index (κ3) is 2.04. The Morgan fingerprint density at radius 3 is 2.80 bits per heavy atom. The minimum Gasteiger partial charge on any atom is -0.772 e. The lowest BCUT2D eigenvalue weighted by molar-refractivity contribution is 0.244. The lowest BCUT2D eigenvalue weighted by Gasteiger charge is -2.35. The molecule has 1 saturated heterocycles. The van der Waals surface area contributed by atoms with Crippen LogP contribution < -0.4 is 5.32 Å². The smallest absolute Gasteiger partial charge is 0.0105 e. The van der Waals surface area contributed by atoms with Crippen LogP contribution in [0.3, 0.4) is 0 Å². The molecule has 0 spiro atoms. The number of rotatable bonds is 3. The molecule has 1 rings (SSSR count). The molecular weight excluding hydrogens is 150 g/mol. The molecule has 0 aromatic heterocycles. The summed E-state index contributed by atoms with van der Waals surface area (Å²) in [4.78, 5) is 0. The predicted octanol–water partition coefficient (Wildman–Crippen LogP) is -0.136. The molecule has 0 amide bonds. The second-order valence-electron chi connectivity index (χ2n) is 2.75. The quantitative estimate of drug-likeness (QED) is 0.588. The summed E-state index contributed by atoms with van der Waals surface area (Å²) in [5, 5.41) is 3.18. The molecule has 1 fully saturated rings. The fourth-order valence-electron chi connectivity index (χ4n) is 1.12. The SMILES string of the molecule is C[C@H]1NC[C@@H]1CCS(=O)[O-]. The van der Waals surface area contributed by atoms with Gasteiger partial charge in [0.2, 0.25) is 0 Å². The Bertz CT molecular complexity index is 140. The van der Waals surface area contributed by atoms with Gasteiger partial charge in [-0.3, -0.25) is 4.21 Å². The second-order valence-corrected chi connectivity index (χ2v) is 3.77. The lowest BCUT2D eigenvalue weighted by Crippen LogP contribution is -2.51. The van der Waals surface area contributed by atoms with E-state index < -0.39 is 11.1 Å². The molecule has 1 N–H and O–H groups in total. The molecule has 3 nitrogen and oxygen atoms in total. The van der Waals surface area contributed by atoms with Crippen LogP contribution in [0.25, 0.3) is 0 Å². The van der Waals surface area contributed by atoms with E-state index in [-0.39, 0.29) is 0 Å². The molecule has 1 unspecified atom stereocenters. The van der Waals surface area contributed by atoms with Gasteiger partial charge in [-0.15, -0.1) is 0 Å². The average Bonchev–Trinajstić information content (AvgIpc) is 1.84. The molecule has 10 heavy (non-hydrogen) atoms. The summed E-state index contributed by atoms with van der Waals surface area (Å²) < 4.78 is 20.3. The highest BCUT2D eigenvalue weighted by molar-refractivity contribution is 7.79. The molecular formula is C6H12NO2S-. The van der Waals surface area contributed by atoms with E-state index in [4.69, 9.17) is 0 Å². The van der Waals surface area contributed by atoms with Gasteiger partial charge in [-0.05, 0) is 25.8 Å². The third-order valence-corrected chi connectivity index (χ3v) is 2.63. The van der Waals surface area contributed by atoms with Gasteiger partial charge in [0.05, 0.1) is 0 Å². The molecule has 4 heteroatoms. The zero-order chi connectivity index (χ0) is 7.56. The maximum atomic E-state index is 10.1. The Morgan fingerprint density at radius 1 is 1.80 bits per heavy atom. The highest BCUT2D eigenvalue weighted by atomic mass is 32.2. The van der Waals surface area contributed by atoms with Crippen LogP contribution in [0.1, 0.15) is 13.3 Å². The molecule has 0 aromatic carbocycles. The van der Waals surface area contributed by atoms with Crippen LogP contribution in [-0.2, 0) is 11.1 Å². The number of hydrogen-bond acceptors (Lipinski definition) is 3. The maximum absolute atomic E-state index is 10.1. The van der Waals surface area contributed by atoms with Crippen molar-refractivity contribution in [3.8, 4) is 0 Å². The van der Waals surface area contributed by atoms with Crippen molar-refractivity contribution in [3.63, 3.8) is 0 Å². The van der Waals surface area contributed by atoms with E-state index in [1.807, 2.05) is 0 Å². The first-order valence-corrected chi connectivity index (χ1v) is 4.74. The van der Waals surface area contributed by atoms with E-state index >= 15 is 0 Å². The molecule has 1 aliphatic rings. The first kappa shape index (κ1) is 8.17. The van der Waals surface area contributed by atoms with Crippen molar-refractivity contribution in [1.29, 1.82) is 0 Å². The molecule has 0 bridgehead atoms. The third-order valence-electron chi connectivity index (χ3n) is 2.06. The summed E-state index contributed by atoms with van der Waals surface area (Å²) in [6.07, 6.45) is 0.810.